The van der Waals surface area contributed by atoms with Crippen molar-refractivity contribution in [2.24, 2.45) is 10.9 Å². The van der Waals surface area contributed by atoms with Crippen molar-refractivity contribution in [1.82, 2.24) is 0 Å². The molecule has 1 N–H and O–H groups in total. The van der Waals surface area contributed by atoms with Crippen LogP contribution in [0.2, 0.25) is 5.02 Å². The fourth-order valence-corrected chi connectivity index (χ4v) is 4.07. The van der Waals surface area contributed by atoms with Gasteiger partial charge in [0.2, 0.25) is 0 Å². The van der Waals surface area contributed by atoms with Crippen LogP contribution in [0, 0.1) is 5.92 Å². The van der Waals surface area contributed by atoms with E-state index in [1.54, 1.807) is 30.5 Å². The first-order valence-corrected chi connectivity index (χ1v) is 11.3. The molecule has 0 unspecified atom stereocenters. The van der Waals surface area contributed by atoms with Gasteiger partial charge >= 0.3 is 5.97 Å². The monoisotopic (exact) mass is 467 g/mol. The SMILES string of the molecule is O=C(CCC=CC[C@@H]1CO[C@H](c2ccccc2Cl)O[C@@H]1c1ccccc1O)OC1=CC=NC1. The number of esters is 1. The number of carbonyl (C=O) groups is 1. The Hall–Kier alpha value is -2.93. The highest BCUT2D eigenvalue weighted by Crippen LogP contribution is 2.43. The van der Waals surface area contributed by atoms with E-state index in [0.717, 1.165) is 5.56 Å². The lowest BCUT2D eigenvalue weighted by Crippen LogP contribution is -2.30. The summed E-state index contributed by atoms with van der Waals surface area (Å²) in [4.78, 5) is 15.9. The van der Waals surface area contributed by atoms with Gasteiger partial charge in [-0.3, -0.25) is 9.79 Å². The summed E-state index contributed by atoms with van der Waals surface area (Å²) >= 11 is 6.35. The quantitative estimate of drug-likeness (QED) is 0.399. The lowest BCUT2D eigenvalue weighted by Gasteiger charge is -2.37. The summed E-state index contributed by atoms with van der Waals surface area (Å²) in [6.07, 6.45) is 7.86. The van der Waals surface area contributed by atoms with E-state index < -0.39 is 6.29 Å². The molecule has 0 radical (unpaired) electrons. The van der Waals surface area contributed by atoms with E-state index in [-0.39, 0.29) is 23.7 Å². The van der Waals surface area contributed by atoms with Gasteiger partial charge in [-0.15, -0.1) is 0 Å². The summed E-state index contributed by atoms with van der Waals surface area (Å²) in [5.41, 5.74) is 1.47. The number of allylic oxidation sites excluding steroid dienone is 3. The van der Waals surface area contributed by atoms with Crippen LogP contribution in [-0.2, 0) is 19.0 Å². The smallest absolute Gasteiger partial charge is 0.311 e. The summed E-state index contributed by atoms with van der Waals surface area (Å²) in [7, 11) is 0. The summed E-state index contributed by atoms with van der Waals surface area (Å²) in [5.74, 6) is 0.486. The van der Waals surface area contributed by atoms with Gasteiger partial charge in [-0.25, -0.2) is 0 Å². The molecule has 0 aliphatic carbocycles. The molecule has 0 amide bonds. The molecule has 7 heteroatoms. The first-order valence-electron chi connectivity index (χ1n) is 11.0. The van der Waals surface area contributed by atoms with Gasteiger partial charge in [0.25, 0.3) is 0 Å². The van der Waals surface area contributed by atoms with E-state index in [2.05, 4.69) is 4.99 Å². The molecule has 1 saturated heterocycles. The number of phenolic OH excluding ortho intramolecular Hbond substituents is 1. The molecule has 2 heterocycles. The molecule has 3 atom stereocenters. The van der Waals surface area contributed by atoms with Gasteiger partial charge in [-0.2, -0.15) is 0 Å². The average Bonchev–Trinajstić information content (AvgIpc) is 3.33. The second-order valence-electron chi connectivity index (χ2n) is 7.90. The van der Waals surface area contributed by atoms with Crippen molar-refractivity contribution in [2.45, 2.75) is 31.7 Å². The van der Waals surface area contributed by atoms with Crippen LogP contribution < -0.4 is 0 Å². The maximum absolute atomic E-state index is 11.9. The van der Waals surface area contributed by atoms with E-state index in [4.69, 9.17) is 25.8 Å². The molecular weight excluding hydrogens is 442 g/mol. The van der Waals surface area contributed by atoms with Crippen LogP contribution in [0.5, 0.6) is 5.75 Å². The molecule has 0 aromatic heterocycles. The van der Waals surface area contributed by atoms with Gasteiger partial charge in [0.1, 0.15) is 11.5 Å². The van der Waals surface area contributed by atoms with Gasteiger partial charge in [0.05, 0.1) is 19.3 Å². The molecular formula is C26H26ClNO5. The minimum Gasteiger partial charge on any atom is -0.508 e. The van der Waals surface area contributed by atoms with Crippen molar-refractivity contribution in [3.8, 4) is 5.75 Å². The molecule has 2 aromatic rings. The van der Waals surface area contributed by atoms with Crippen molar-refractivity contribution in [1.29, 1.82) is 0 Å². The average molecular weight is 468 g/mol. The van der Waals surface area contributed by atoms with E-state index >= 15 is 0 Å². The maximum atomic E-state index is 11.9. The highest BCUT2D eigenvalue weighted by molar-refractivity contribution is 6.31. The maximum Gasteiger partial charge on any atom is 0.311 e. The highest BCUT2D eigenvalue weighted by atomic mass is 35.5. The van der Waals surface area contributed by atoms with Gasteiger partial charge in [0.15, 0.2) is 6.29 Å². The number of hydrogen-bond acceptors (Lipinski definition) is 6. The number of para-hydroxylation sites is 1. The number of aromatic hydroxyl groups is 1. The van der Waals surface area contributed by atoms with Crippen LogP contribution in [0.3, 0.4) is 0 Å². The minimum atomic E-state index is -0.618. The number of hydrogen-bond donors (Lipinski definition) is 1. The molecule has 33 heavy (non-hydrogen) atoms. The molecule has 0 bridgehead atoms. The predicted molar refractivity (Wildman–Crippen MR) is 126 cm³/mol. The molecule has 0 spiro atoms. The second-order valence-corrected chi connectivity index (χ2v) is 8.31. The number of nitrogens with zero attached hydrogens (tertiary/aromatic N) is 1. The third kappa shape index (κ3) is 6.11. The Morgan fingerprint density at radius 3 is 2.70 bits per heavy atom. The Labute approximate surface area is 198 Å². The minimum absolute atomic E-state index is 0.0129. The first-order chi connectivity index (χ1) is 16.1. The Morgan fingerprint density at radius 2 is 1.94 bits per heavy atom. The topological polar surface area (TPSA) is 77.4 Å². The Balaban J connectivity index is 1.37. The lowest BCUT2D eigenvalue weighted by atomic mass is 9.91. The Bertz CT molecular complexity index is 1060. The van der Waals surface area contributed by atoms with Crippen LogP contribution >= 0.6 is 11.6 Å². The molecule has 172 valence electrons. The zero-order valence-corrected chi connectivity index (χ0v) is 18.9. The Kier molecular flexibility index (Phi) is 7.94. The van der Waals surface area contributed by atoms with Crippen molar-refractivity contribution in [2.75, 3.05) is 13.2 Å². The molecule has 2 aliphatic rings. The predicted octanol–water partition coefficient (Wildman–Crippen LogP) is 5.69. The molecule has 0 saturated carbocycles. The summed E-state index contributed by atoms with van der Waals surface area (Å²) in [6, 6.07) is 14.6. The fraction of sp³-hybridized carbons (Fsp3) is 0.308. The number of ether oxygens (including phenoxy) is 3. The van der Waals surface area contributed by atoms with Crippen LogP contribution in [-0.4, -0.2) is 30.4 Å². The molecule has 1 fully saturated rings. The van der Waals surface area contributed by atoms with Crippen LogP contribution in [0.25, 0.3) is 0 Å². The van der Waals surface area contributed by atoms with E-state index in [1.807, 2.05) is 42.5 Å². The zero-order chi connectivity index (χ0) is 23.0. The fourth-order valence-electron chi connectivity index (χ4n) is 3.84. The normalized spacial score (nSPS) is 22.5. The van der Waals surface area contributed by atoms with Gasteiger partial charge in [-0.05, 0) is 31.1 Å². The summed E-state index contributed by atoms with van der Waals surface area (Å²) in [5, 5.41) is 11.0. The summed E-state index contributed by atoms with van der Waals surface area (Å²) in [6.45, 7) is 0.863. The molecule has 2 aliphatic heterocycles. The lowest BCUT2D eigenvalue weighted by molar-refractivity contribution is -0.244. The Morgan fingerprint density at radius 1 is 1.15 bits per heavy atom. The van der Waals surface area contributed by atoms with Crippen molar-refractivity contribution in [3.05, 3.63) is 88.7 Å². The van der Waals surface area contributed by atoms with E-state index in [1.165, 1.54) is 0 Å². The largest absolute Gasteiger partial charge is 0.508 e. The van der Waals surface area contributed by atoms with Crippen molar-refractivity contribution < 1.29 is 24.1 Å². The van der Waals surface area contributed by atoms with Crippen molar-refractivity contribution in [3.63, 3.8) is 0 Å². The number of carbonyl (C=O) groups excluding carboxylic acids is 1. The van der Waals surface area contributed by atoms with Crippen LogP contribution in [0.15, 0.2) is 77.5 Å². The van der Waals surface area contributed by atoms with Crippen LogP contribution in [0.4, 0.5) is 0 Å². The van der Waals surface area contributed by atoms with Gasteiger partial charge in [-0.1, -0.05) is 60.2 Å². The number of rotatable bonds is 8. The van der Waals surface area contributed by atoms with Crippen molar-refractivity contribution >= 4 is 23.8 Å². The van der Waals surface area contributed by atoms with Crippen LogP contribution in [0.1, 0.15) is 42.8 Å². The molecule has 4 rings (SSSR count). The van der Waals surface area contributed by atoms with Gasteiger partial charge in [0, 0.05) is 34.7 Å². The number of benzene rings is 2. The number of halogens is 1. The second kappa shape index (κ2) is 11.3. The third-order valence-electron chi connectivity index (χ3n) is 5.54. The zero-order valence-electron chi connectivity index (χ0n) is 18.1. The van der Waals surface area contributed by atoms with E-state index in [0.29, 0.717) is 48.8 Å². The number of phenols is 1. The first kappa shape index (κ1) is 23.2. The standard InChI is InChI=1S/C26H26ClNO5/c27-22-11-6-4-9-20(22)26-31-17-18(25(33-26)21-10-5-7-12-23(21)29)8-2-1-3-13-24(30)32-19-14-15-28-16-19/h1-2,4-7,9-12,14-15,18,25-26,29H,3,8,13,16-17H2/t18-,25+,26+/m1/s1. The highest BCUT2D eigenvalue weighted by Gasteiger charge is 2.35. The van der Waals surface area contributed by atoms with Gasteiger partial charge < -0.3 is 19.3 Å². The third-order valence-corrected chi connectivity index (χ3v) is 5.89. The number of aliphatic imine (C=N–C) groups is 1. The summed E-state index contributed by atoms with van der Waals surface area (Å²) < 4.78 is 17.6. The molecule has 2 aromatic carbocycles. The van der Waals surface area contributed by atoms with E-state index in [9.17, 15) is 9.90 Å². The molecule has 6 nitrogen and oxygen atoms in total.